The Labute approximate surface area is 386 Å². The zero-order chi connectivity index (χ0) is 46.5. The molecule has 0 aliphatic carbocycles. The van der Waals surface area contributed by atoms with E-state index in [0.29, 0.717) is 0 Å². The minimum absolute atomic E-state index is 0.210. The predicted octanol–water partition coefficient (Wildman–Crippen LogP) is 14.7. The van der Waals surface area contributed by atoms with Crippen LogP contribution in [0, 0.1) is 0 Å². The number of hydrogen-bond donors (Lipinski definition) is 4. The minimum atomic E-state index is -0.993. The zero-order valence-electron chi connectivity index (χ0n) is 35.7. The smallest absolute Gasteiger partial charge is 0.335 e. The molecule has 0 atom stereocenters. The average Bonchev–Trinajstić information content (AvgIpc) is 3.36. The molecule has 0 heterocycles. The fourth-order valence-corrected chi connectivity index (χ4v) is 10.1. The summed E-state index contributed by atoms with van der Waals surface area (Å²) >= 11 is 0. The molecule has 0 aromatic heterocycles. The zero-order valence-corrected chi connectivity index (χ0v) is 35.7. The number of aromatic carboxylic acids is 4. The molecule has 0 aliphatic rings. The summed E-state index contributed by atoms with van der Waals surface area (Å²) < 4.78 is 0. The first-order valence-corrected chi connectivity index (χ1v) is 21.8. The molecule has 0 spiro atoms. The molecule has 4 N–H and O–H groups in total. The molecule has 8 heteroatoms. The van der Waals surface area contributed by atoms with E-state index in [1.54, 1.807) is 48.5 Å². The molecule has 0 saturated heterocycles. The van der Waals surface area contributed by atoms with Gasteiger partial charge in [-0.05, 0) is 205 Å². The maximum Gasteiger partial charge on any atom is 0.335 e. The lowest BCUT2D eigenvalue weighted by Gasteiger charge is -2.22. The highest BCUT2D eigenvalue weighted by molar-refractivity contribution is 6.32. The summed E-state index contributed by atoms with van der Waals surface area (Å²) in [5, 5.41) is 51.9. The van der Waals surface area contributed by atoms with Gasteiger partial charge in [-0.25, -0.2) is 19.2 Å². The third-order valence-corrected chi connectivity index (χ3v) is 13.5. The van der Waals surface area contributed by atoms with Gasteiger partial charge in [0.25, 0.3) is 0 Å². The van der Waals surface area contributed by atoms with Gasteiger partial charge in [-0.3, -0.25) is 0 Å². The molecule has 322 valence electrons. The molecule has 0 aliphatic heterocycles. The lowest BCUT2D eigenvalue weighted by Crippen LogP contribution is -1.96. The van der Waals surface area contributed by atoms with Crippen molar-refractivity contribution in [2.45, 2.75) is 0 Å². The molecule has 0 amide bonds. The summed E-state index contributed by atoms with van der Waals surface area (Å²) in [6, 6.07) is 58.0. The van der Waals surface area contributed by atoms with Crippen LogP contribution >= 0.6 is 0 Å². The first kappa shape index (κ1) is 40.1. The van der Waals surface area contributed by atoms with Crippen molar-refractivity contribution in [3.8, 4) is 44.5 Å². The van der Waals surface area contributed by atoms with Crippen molar-refractivity contribution in [1.82, 2.24) is 0 Å². The van der Waals surface area contributed by atoms with Gasteiger partial charge < -0.3 is 20.4 Å². The van der Waals surface area contributed by atoms with Gasteiger partial charge in [0.15, 0.2) is 0 Å². The van der Waals surface area contributed by atoms with Gasteiger partial charge in [-0.2, -0.15) is 0 Å². The molecular formula is C60H34O8. The molecule has 0 unspecified atom stereocenters. The van der Waals surface area contributed by atoms with Crippen molar-refractivity contribution in [3.05, 3.63) is 204 Å². The Bertz CT molecular complexity index is 3690. The van der Waals surface area contributed by atoms with E-state index in [0.717, 1.165) is 120 Å². The van der Waals surface area contributed by atoms with Gasteiger partial charge in [0, 0.05) is 0 Å². The summed E-state index contributed by atoms with van der Waals surface area (Å²) in [5.74, 6) is -3.97. The molecule has 0 fully saturated rings. The SMILES string of the molecule is O=C(O)c1ccc2cc(-c3cc(-c4ccc5cc(C(=O)O)ccc5c4)c4ccc5c(-c6ccc7cc(C(=O)O)ccc7c6)cc(-c6ccc7cc(C(=O)O)ccc7c6)c6ccc3c4c65)ccc2c1. The fraction of sp³-hybridized carbons (Fsp3) is 0. The van der Waals surface area contributed by atoms with Crippen molar-refractivity contribution < 1.29 is 39.6 Å². The summed E-state index contributed by atoms with van der Waals surface area (Å²) in [6.07, 6.45) is 0. The monoisotopic (exact) mass is 882 g/mol. The van der Waals surface area contributed by atoms with Crippen LogP contribution in [-0.4, -0.2) is 44.3 Å². The van der Waals surface area contributed by atoms with E-state index in [2.05, 4.69) is 60.7 Å². The van der Waals surface area contributed by atoms with Gasteiger partial charge in [-0.1, -0.05) is 97.1 Å². The summed E-state index contributed by atoms with van der Waals surface area (Å²) in [6.45, 7) is 0. The quantitative estimate of drug-likeness (QED) is 0.110. The predicted molar refractivity (Wildman–Crippen MR) is 270 cm³/mol. The lowest BCUT2D eigenvalue weighted by atomic mass is 9.81. The highest BCUT2D eigenvalue weighted by atomic mass is 16.4. The third-order valence-electron chi connectivity index (χ3n) is 13.5. The second-order valence-corrected chi connectivity index (χ2v) is 17.3. The van der Waals surface area contributed by atoms with Crippen LogP contribution in [0.2, 0.25) is 0 Å². The van der Waals surface area contributed by atoms with Crippen molar-refractivity contribution in [3.63, 3.8) is 0 Å². The van der Waals surface area contributed by atoms with Crippen LogP contribution in [0.15, 0.2) is 182 Å². The summed E-state index contributed by atoms with van der Waals surface area (Å²) in [7, 11) is 0. The fourth-order valence-electron chi connectivity index (χ4n) is 10.1. The van der Waals surface area contributed by atoms with E-state index in [4.69, 9.17) is 0 Å². The van der Waals surface area contributed by atoms with Gasteiger partial charge >= 0.3 is 23.9 Å². The Kier molecular flexibility index (Phi) is 8.90. The molecule has 0 radical (unpaired) electrons. The summed E-state index contributed by atoms with van der Waals surface area (Å²) in [5.41, 5.74) is 8.49. The van der Waals surface area contributed by atoms with Crippen molar-refractivity contribution in [2.24, 2.45) is 0 Å². The topological polar surface area (TPSA) is 149 Å². The van der Waals surface area contributed by atoms with Gasteiger partial charge in [0.1, 0.15) is 0 Å². The van der Waals surface area contributed by atoms with Gasteiger partial charge in [0.2, 0.25) is 0 Å². The minimum Gasteiger partial charge on any atom is -0.478 e. The largest absolute Gasteiger partial charge is 0.478 e. The Morgan fingerprint density at radius 3 is 0.662 bits per heavy atom. The van der Waals surface area contributed by atoms with Crippen molar-refractivity contribution in [2.75, 3.05) is 0 Å². The van der Waals surface area contributed by atoms with Gasteiger partial charge in [-0.15, -0.1) is 0 Å². The number of carbonyl (C=O) groups is 4. The van der Waals surface area contributed by atoms with E-state index in [9.17, 15) is 39.6 Å². The number of carboxylic acids is 4. The number of carboxylic acid groups (broad SMARTS) is 4. The molecule has 12 aromatic carbocycles. The molecule has 68 heavy (non-hydrogen) atoms. The number of rotatable bonds is 8. The Hall–Kier alpha value is -9.40. The van der Waals surface area contributed by atoms with E-state index in [1.165, 1.54) is 0 Å². The normalized spacial score (nSPS) is 11.7. The van der Waals surface area contributed by atoms with Crippen LogP contribution < -0.4 is 0 Å². The third kappa shape index (κ3) is 6.46. The highest BCUT2D eigenvalue weighted by Gasteiger charge is 2.22. The van der Waals surface area contributed by atoms with Crippen molar-refractivity contribution >= 4 is 99.3 Å². The average molecular weight is 883 g/mol. The Balaban J connectivity index is 1.18. The Morgan fingerprint density at radius 2 is 0.441 bits per heavy atom. The molecule has 0 saturated carbocycles. The maximum absolute atomic E-state index is 11.9. The molecule has 0 bridgehead atoms. The van der Waals surface area contributed by atoms with Crippen LogP contribution in [-0.2, 0) is 0 Å². The van der Waals surface area contributed by atoms with Crippen LogP contribution in [0.4, 0.5) is 0 Å². The van der Waals surface area contributed by atoms with Crippen LogP contribution in [0.3, 0.4) is 0 Å². The second kappa shape index (κ2) is 15.1. The number of benzene rings is 12. The lowest BCUT2D eigenvalue weighted by molar-refractivity contribution is 0.0686. The van der Waals surface area contributed by atoms with Crippen LogP contribution in [0.25, 0.3) is 120 Å². The summed E-state index contributed by atoms with van der Waals surface area (Å²) in [4.78, 5) is 47.6. The van der Waals surface area contributed by atoms with E-state index in [-0.39, 0.29) is 22.3 Å². The molecular weight excluding hydrogens is 849 g/mol. The first-order chi connectivity index (χ1) is 32.9. The van der Waals surface area contributed by atoms with E-state index < -0.39 is 23.9 Å². The standard InChI is InChI=1S/C60H34O8/c61-57(62)43-13-5-31-21-39(9-1-35(31)25-43)51-29-52(40-10-2-36-26-44(58(63)64)14-6-32(36)22-40)48-19-20-50-54(42-12-4-38-28-46(60(67)68)16-8-34(38)24-42)30-53(49-18-17-47(51)55(48)56(49)50)41-11-3-37-27-45(59(65)66)15-7-33(37)23-41/h1-30H,(H,61,62)(H,63,64)(H,65,66)(H,67,68). The highest BCUT2D eigenvalue weighted by Crippen LogP contribution is 2.49. The number of hydrogen-bond acceptors (Lipinski definition) is 4. The van der Waals surface area contributed by atoms with Crippen molar-refractivity contribution in [1.29, 1.82) is 0 Å². The van der Waals surface area contributed by atoms with Crippen LogP contribution in [0.5, 0.6) is 0 Å². The van der Waals surface area contributed by atoms with E-state index >= 15 is 0 Å². The maximum atomic E-state index is 11.9. The Morgan fingerprint density at radius 1 is 0.235 bits per heavy atom. The second-order valence-electron chi connectivity index (χ2n) is 17.3. The van der Waals surface area contributed by atoms with Gasteiger partial charge in [0.05, 0.1) is 22.3 Å². The molecule has 12 rings (SSSR count). The molecule has 8 nitrogen and oxygen atoms in total. The first-order valence-electron chi connectivity index (χ1n) is 21.8. The van der Waals surface area contributed by atoms with Crippen LogP contribution in [0.1, 0.15) is 41.4 Å². The molecule has 12 aromatic rings. The van der Waals surface area contributed by atoms with E-state index in [1.807, 2.05) is 72.8 Å². The number of fused-ring (bicyclic) bond motifs is 4.